The van der Waals surface area contributed by atoms with Crippen LogP contribution in [-0.2, 0) is 14.8 Å². The minimum absolute atomic E-state index is 0.0977. The second kappa shape index (κ2) is 9.77. The van der Waals surface area contributed by atoms with Crippen molar-refractivity contribution in [1.29, 1.82) is 0 Å². The van der Waals surface area contributed by atoms with Crippen molar-refractivity contribution in [1.82, 2.24) is 4.31 Å². The zero-order valence-electron chi connectivity index (χ0n) is 14.9. The van der Waals surface area contributed by atoms with Crippen LogP contribution in [0, 0.1) is 0 Å². The van der Waals surface area contributed by atoms with E-state index < -0.39 is 10.0 Å². The van der Waals surface area contributed by atoms with Crippen LogP contribution in [0.3, 0.4) is 0 Å². The van der Waals surface area contributed by atoms with Crippen LogP contribution in [0.4, 0.5) is 5.69 Å². The minimum Gasteiger partial charge on any atom is -0.494 e. The molecular formula is C18H28N2O4S. The molecule has 1 fully saturated rings. The van der Waals surface area contributed by atoms with Crippen LogP contribution in [0.2, 0.25) is 0 Å². The Morgan fingerprint density at radius 2 is 1.80 bits per heavy atom. The fourth-order valence-corrected chi connectivity index (χ4v) is 4.51. The molecule has 25 heavy (non-hydrogen) atoms. The van der Waals surface area contributed by atoms with E-state index in [2.05, 4.69) is 5.32 Å². The first kappa shape index (κ1) is 19.7. The van der Waals surface area contributed by atoms with Crippen LogP contribution in [-0.4, -0.2) is 44.1 Å². The molecule has 1 aliphatic rings. The highest BCUT2D eigenvalue weighted by Crippen LogP contribution is 2.17. The molecule has 1 N–H and O–H groups in total. The van der Waals surface area contributed by atoms with Crippen LogP contribution < -0.4 is 10.1 Å². The minimum atomic E-state index is -3.16. The highest BCUT2D eigenvalue weighted by molar-refractivity contribution is 7.89. The number of hydrogen-bond acceptors (Lipinski definition) is 4. The second-order valence-corrected chi connectivity index (χ2v) is 8.33. The predicted octanol–water partition coefficient (Wildman–Crippen LogP) is 3.01. The van der Waals surface area contributed by atoms with Crippen molar-refractivity contribution < 1.29 is 17.9 Å². The monoisotopic (exact) mass is 368 g/mol. The van der Waals surface area contributed by atoms with Gasteiger partial charge in [0.1, 0.15) is 5.75 Å². The number of hydrogen-bond donors (Lipinski definition) is 1. The normalized spacial score (nSPS) is 15.7. The van der Waals surface area contributed by atoms with E-state index in [9.17, 15) is 13.2 Å². The lowest BCUT2D eigenvalue weighted by Crippen LogP contribution is -2.37. The van der Waals surface area contributed by atoms with Crippen molar-refractivity contribution in [2.45, 2.75) is 45.4 Å². The van der Waals surface area contributed by atoms with Crippen LogP contribution in [0.5, 0.6) is 5.75 Å². The molecule has 0 unspecified atom stereocenters. The number of amides is 1. The second-order valence-electron chi connectivity index (χ2n) is 6.24. The summed E-state index contributed by atoms with van der Waals surface area (Å²) in [5.74, 6) is 0.798. The lowest BCUT2D eigenvalue weighted by molar-refractivity contribution is -0.116. The summed E-state index contributed by atoms with van der Waals surface area (Å²) in [7, 11) is -3.16. The Kier molecular flexibility index (Phi) is 7.71. The number of unbranched alkanes of at least 4 members (excludes halogenated alkanes) is 1. The van der Waals surface area contributed by atoms with Gasteiger partial charge < -0.3 is 10.1 Å². The van der Waals surface area contributed by atoms with E-state index in [1.54, 1.807) is 16.4 Å². The Morgan fingerprint density at radius 3 is 2.44 bits per heavy atom. The van der Waals surface area contributed by atoms with Gasteiger partial charge in [-0.15, -0.1) is 0 Å². The van der Waals surface area contributed by atoms with Crippen LogP contribution >= 0.6 is 0 Å². The summed E-state index contributed by atoms with van der Waals surface area (Å²) >= 11 is 0. The van der Waals surface area contributed by atoms with E-state index in [1.165, 1.54) is 0 Å². The molecule has 0 aromatic heterocycles. The SMILES string of the molecule is CCOc1ccc(NC(=O)CCCCS(=O)(=O)N2CCCCC2)cc1. The number of sulfonamides is 1. The highest BCUT2D eigenvalue weighted by atomic mass is 32.2. The maximum Gasteiger partial charge on any atom is 0.224 e. The molecule has 0 aliphatic carbocycles. The molecule has 7 heteroatoms. The van der Waals surface area contributed by atoms with Gasteiger partial charge in [0, 0.05) is 25.2 Å². The van der Waals surface area contributed by atoms with Crippen molar-refractivity contribution in [2.24, 2.45) is 0 Å². The van der Waals surface area contributed by atoms with Crippen LogP contribution in [0.15, 0.2) is 24.3 Å². The van der Waals surface area contributed by atoms with Gasteiger partial charge in [0.25, 0.3) is 0 Å². The van der Waals surface area contributed by atoms with Crippen molar-refractivity contribution in [3.63, 3.8) is 0 Å². The topological polar surface area (TPSA) is 75.7 Å². The fourth-order valence-electron chi connectivity index (χ4n) is 2.87. The number of carbonyl (C=O) groups is 1. The Bertz CT molecular complexity index is 638. The Balaban J connectivity index is 1.67. The van der Waals surface area contributed by atoms with Gasteiger partial charge in [-0.3, -0.25) is 4.79 Å². The zero-order valence-corrected chi connectivity index (χ0v) is 15.7. The molecule has 140 valence electrons. The largest absolute Gasteiger partial charge is 0.494 e. The molecule has 1 heterocycles. The summed E-state index contributed by atoms with van der Waals surface area (Å²) in [5, 5.41) is 2.82. The van der Waals surface area contributed by atoms with E-state index >= 15 is 0 Å². The summed E-state index contributed by atoms with van der Waals surface area (Å²) in [6.07, 6.45) is 4.40. The van der Waals surface area contributed by atoms with Gasteiger partial charge >= 0.3 is 0 Å². The number of carbonyl (C=O) groups excluding carboxylic acids is 1. The summed E-state index contributed by atoms with van der Waals surface area (Å²) in [6.45, 7) is 3.80. The maximum atomic E-state index is 12.2. The van der Waals surface area contributed by atoms with Gasteiger partial charge in [-0.2, -0.15) is 0 Å². The molecule has 0 spiro atoms. The van der Waals surface area contributed by atoms with Gasteiger partial charge in [-0.25, -0.2) is 12.7 Å². The molecule has 1 saturated heterocycles. The number of benzene rings is 1. The molecule has 0 bridgehead atoms. The number of ether oxygens (including phenoxy) is 1. The lowest BCUT2D eigenvalue weighted by atomic mass is 10.2. The van der Waals surface area contributed by atoms with Gasteiger partial charge in [-0.05, 0) is 56.9 Å². The fraction of sp³-hybridized carbons (Fsp3) is 0.611. The summed E-state index contributed by atoms with van der Waals surface area (Å²) in [4.78, 5) is 11.9. The molecule has 2 rings (SSSR count). The first-order valence-electron chi connectivity index (χ1n) is 9.02. The molecule has 1 aromatic carbocycles. The predicted molar refractivity (Wildman–Crippen MR) is 99.3 cm³/mol. The van der Waals surface area contributed by atoms with Crippen LogP contribution in [0.25, 0.3) is 0 Å². The van der Waals surface area contributed by atoms with E-state index in [4.69, 9.17) is 4.74 Å². The number of anilines is 1. The summed E-state index contributed by atoms with van der Waals surface area (Å²) in [5.41, 5.74) is 0.717. The third-order valence-electron chi connectivity index (χ3n) is 4.21. The molecule has 1 aliphatic heterocycles. The van der Waals surface area contributed by atoms with Crippen molar-refractivity contribution in [3.05, 3.63) is 24.3 Å². The van der Waals surface area contributed by atoms with Gasteiger partial charge in [0.2, 0.25) is 15.9 Å². The molecule has 0 atom stereocenters. The van der Waals surface area contributed by atoms with Crippen molar-refractivity contribution in [2.75, 3.05) is 30.8 Å². The van der Waals surface area contributed by atoms with Gasteiger partial charge in [0.15, 0.2) is 0 Å². The molecule has 1 aromatic rings. The molecular weight excluding hydrogens is 340 g/mol. The van der Waals surface area contributed by atoms with E-state index in [0.29, 0.717) is 39.0 Å². The Morgan fingerprint density at radius 1 is 1.12 bits per heavy atom. The van der Waals surface area contributed by atoms with Gasteiger partial charge in [-0.1, -0.05) is 6.42 Å². The van der Waals surface area contributed by atoms with E-state index in [0.717, 1.165) is 30.7 Å². The van der Waals surface area contributed by atoms with Crippen molar-refractivity contribution in [3.8, 4) is 5.75 Å². The Labute approximate surface area is 150 Å². The number of nitrogens with one attached hydrogen (secondary N) is 1. The van der Waals surface area contributed by atoms with E-state index in [-0.39, 0.29) is 11.7 Å². The van der Waals surface area contributed by atoms with Crippen LogP contribution in [0.1, 0.15) is 45.4 Å². The number of nitrogens with zero attached hydrogens (tertiary/aromatic N) is 1. The third-order valence-corrected chi connectivity index (χ3v) is 6.17. The quantitative estimate of drug-likeness (QED) is 0.680. The Hall–Kier alpha value is -1.60. The molecule has 0 saturated carbocycles. The first-order valence-corrected chi connectivity index (χ1v) is 10.6. The highest BCUT2D eigenvalue weighted by Gasteiger charge is 2.23. The molecule has 0 radical (unpaired) electrons. The first-order chi connectivity index (χ1) is 12.0. The maximum absolute atomic E-state index is 12.2. The number of rotatable bonds is 9. The lowest BCUT2D eigenvalue weighted by Gasteiger charge is -2.25. The molecule has 6 nitrogen and oxygen atoms in total. The average Bonchev–Trinajstić information content (AvgIpc) is 2.61. The molecule has 1 amide bonds. The average molecular weight is 368 g/mol. The summed E-state index contributed by atoms with van der Waals surface area (Å²) in [6, 6.07) is 7.21. The van der Waals surface area contributed by atoms with Crippen molar-refractivity contribution >= 4 is 21.6 Å². The zero-order chi connectivity index (χ0) is 18.1. The number of piperidine rings is 1. The smallest absolute Gasteiger partial charge is 0.224 e. The standard InChI is InChI=1S/C18H28N2O4S/c1-2-24-17-11-9-16(10-12-17)19-18(21)8-4-7-15-25(22,23)20-13-5-3-6-14-20/h9-12H,2-8,13-15H2,1H3,(H,19,21). The van der Waals surface area contributed by atoms with E-state index in [1.807, 2.05) is 19.1 Å². The third kappa shape index (κ3) is 6.66. The summed E-state index contributed by atoms with van der Waals surface area (Å²) < 4.78 is 31.4. The van der Waals surface area contributed by atoms with Gasteiger partial charge in [0.05, 0.1) is 12.4 Å².